The van der Waals surface area contributed by atoms with E-state index < -0.39 is 0 Å². The molecular weight excluding hydrogens is 242 g/mol. The Morgan fingerprint density at radius 1 is 1.53 bits per heavy atom. The lowest BCUT2D eigenvalue weighted by Gasteiger charge is -1.98. The molecule has 3 N–H and O–H groups in total. The summed E-state index contributed by atoms with van der Waals surface area (Å²) in [5.41, 5.74) is 5.85. The molecule has 2 heterocycles. The predicted molar refractivity (Wildman–Crippen MR) is 61.3 cm³/mol. The number of hydrogen-bond donors (Lipinski definition) is 2. The van der Waals surface area contributed by atoms with Crippen LogP contribution in [0.1, 0.15) is 17.4 Å². The Balaban J connectivity index is 2.04. The first kappa shape index (κ1) is 11.8. The van der Waals surface area contributed by atoms with Gasteiger partial charge in [-0.05, 0) is 6.92 Å². The molecule has 0 unspecified atom stereocenters. The van der Waals surface area contributed by atoms with Gasteiger partial charge in [0, 0.05) is 11.8 Å². The van der Waals surface area contributed by atoms with Crippen LogP contribution in [0.3, 0.4) is 0 Å². The number of H-pyrrole nitrogens is 1. The molecule has 0 bridgehead atoms. The number of rotatable bonds is 4. The number of aryl methyl sites for hydroxylation is 1. The Morgan fingerprint density at radius 2 is 2.35 bits per heavy atom. The minimum Gasteiger partial charge on any atom is -0.338 e. The molecule has 0 atom stereocenters. The van der Waals surface area contributed by atoms with Gasteiger partial charge in [-0.3, -0.25) is 4.79 Å². The standard InChI is InChI=1S/C9H11N5O2S/c1-5-2-7(15)13-9(11-5)17-4-6-12-8(3-10)16-14-6/h2H,3-4,10H2,1H3,(H,11,13,15). The molecule has 0 aliphatic rings. The smallest absolute Gasteiger partial charge is 0.251 e. The van der Waals surface area contributed by atoms with Gasteiger partial charge in [0.15, 0.2) is 11.0 Å². The van der Waals surface area contributed by atoms with Crippen LogP contribution in [0.5, 0.6) is 0 Å². The maximum atomic E-state index is 11.2. The number of nitrogens with zero attached hydrogens (tertiary/aromatic N) is 3. The summed E-state index contributed by atoms with van der Waals surface area (Å²) in [4.78, 5) is 22.0. The SMILES string of the molecule is Cc1cc(=O)[nH]c(SCc2noc(CN)n2)n1. The molecule has 2 aromatic rings. The van der Waals surface area contributed by atoms with Crippen LogP contribution < -0.4 is 11.3 Å². The zero-order valence-corrected chi connectivity index (χ0v) is 9.95. The van der Waals surface area contributed by atoms with Crippen molar-refractivity contribution < 1.29 is 4.52 Å². The van der Waals surface area contributed by atoms with Crippen LogP contribution >= 0.6 is 11.8 Å². The summed E-state index contributed by atoms with van der Waals surface area (Å²) >= 11 is 1.33. The zero-order valence-electron chi connectivity index (χ0n) is 9.14. The van der Waals surface area contributed by atoms with Crippen molar-refractivity contribution in [2.75, 3.05) is 0 Å². The van der Waals surface area contributed by atoms with Crippen molar-refractivity contribution in [1.29, 1.82) is 0 Å². The van der Waals surface area contributed by atoms with E-state index in [2.05, 4.69) is 20.1 Å². The predicted octanol–water partition coefficient (Wildman–Crippen LogP) is 0.212. The summed E-state index contributed by atoms with van der Waals surface area (Å²) in [5, 5.41) is 4.28. The van der Waals surface area contributed by atoms with Crippen LogP contribution in [0.4, 0.5) is 0 Å². The van der Waals surface area contributed by atoms with E-state index in [-0.39, 0.29) is 12.1 Å². The Kier molecular flexibility index (Phi) is 3.55. The third-order valence-electron chi connectivity index (χ3n) is 1.87. The van der Waals surface area contributed by atoms with Crippen molar-refractivity contribution in [2.45, 2.75) is 24.4 Å². The molecule has 0 fully saturated rings. The summed E-state index contributed by atoms with van der Waals surface area (Å²) in [6, 6.07) is 1.44. The summed E-state index contributed by atoms with van der Waals surface area (Å²) in [6.45, 7) is 1.98. The van der Waals surface area contributed by atoms with Crippen LogP contribution in [0, 0.1) is 6.92 Å². The van der Waals surface area contributed by atoms with Gasteiger partial charge in [0.25, 0.3) is 5.56 Å². The fourth-order valence-electron chi connectivity index (χ4n) is 1.18. The molecule has 8 heteroatoms. The zero-order chi connectivity index (χ0) is 12.3. The second-order valence-corrected chi connectivity index (χ2v) is 4.25. The van der Waals surface area contributed by atoms with Gasteiger partial charge in [-0.1, -0.05) is 16.9 Å². The maximum Gasteiger partial charge on any atom is 0.251 e. The van der Waals surface area contributed by atoms with Crippen LogP contribution in [-0.2, 0) is 12.3 Å². The van der Waals surface area contributed by atoms with Crippen LogP contribution in [-0.4, -0.2) is 20.1 Å². The summed E-state index contributed by atoms with van der Waals surface area (Å²) in [6.07, 6.45) is 0. The van der Waals surface area contributed by atoms with Crippen LogP contribution in [0.2, 0.25) is 0 Å². The first-order valence-electron chi connectivity index (χ1n) is 4.89. The monoisotopic (exact) mass is 253 g/mol. The topological polar surface area (TPSA) is 111 Å². The fourth-order valence-corrected chi connectivity index (χ4v) is 1.95. The van der Waals surface area contributed by atoms with Gasteiger partial charge in [-0.15, -0.1) is 0 Å². The average Bonchev–Trinajstić information content (AvgIpc) is 2.73. The molecule has 90 valence electrons. The molecule has 0 spiro atoms. The van der Waals surface area contributed by atoms with E-state index in [4.69, 9.17) is 10.3 Å². The van der Waals surface area contributed by atoms with Gasteiger partial charge >= 0.3 is 0 Å². The number of thioether (sulfide) groups is 1. The van der Waals surface area contributed by atoms with E-state index >= 15 is 0 Å². The molecule has 0 aromatic carbocycles. The highest BCUT2D eigenvalue weighted by Crippen LogP contribution is 2.16. The quantitative estimate of drug-likeness (QED) is 0.592. The largest absolute Gasteiger partial charge is 0.338 e. The fraction of sp³-hybridized carbons (Fsp3) is 0.333. The van der Waals surface area contributed by atoms with Gasteiger partial charge in [-0.25, -0.2) is 4.98 Å². The number of aromatic nitrogens is 4. The average molecular weight is 253 g/mol. The van der Waals surface area contributed by atoms with Crippen molar-refractivity contribution >= 4 is 11.8 Å². The molecule has 17 heavy (non-hydrogen) atoms. The van der Waals surface area contributed by atoms with E-state index in [0.29, 0.717) is 28.3 Å². The number of aromatic amines is 1. The lowest BCUT2D eigenvalue weighted by Crippen LogP contribution is -2.08. The van der Waals surface area contributed by atoms with Gasteiger partial charge in [0.1, 0.15) is 0 Å². The normalized spacial score (nSPS) is 10.7. The minimum atomic E-state index is -0.171. The Bertz CT molecular complexity index is 565. The van der Waals surface area contributed by atoms with Crippen LogP contribution in [0.25, 0.3) is 0 Å². The molecule has 0 aliphatic carbocycles. The first-order valence-corrected chi connectivity index (χ1v) is 5.88. The molecule has 0 aliphatic heterocycles. The Labute approximate surface area is 101 Å². The first-order chi connectivity index (χ1) is 8.17. The van der Waals surface area contributed by atoms with Gasteiger partial charge in [0.2, 0.25) is 5.89 Å². The second-order valence-electron chi connectivity index (χ2n) is 3.29. The summed E-state index contributed by atoms with van der Waals surface area (Å²) < 4.78 is 4.86. The van der Waals surface area contributed by atoms with Crippen molar-refractivity contribution in [3.63, 3.8) is 0 Å². The maximum absolute atomic E-state index is 11.2. The number of hydrogen-bond acceptors (Lipinski definition) is 7. The molecule has 0 saturated carbocycles. The highest BCUT2D eigenvalue weighted by atomic mass is 32.2. The van der Waals surface area contributed by atoms with E-state index in [1.54, 1.807) is 6.92 Å². The van der Waals surface area contributed by atoms with Gasteiger partial charge < -0.3 is 15.2 Å². The van der Waals surface area contributed by atoms with Gasteiger partial charge in [0.05, 0.1) is 12.3 Å². The highest BCUT2D eigenvalue weighted by molar-refractivity contribution is 7.98. The minimum absolute atomic E-state index is 0.171. The van der Waals surface area contributed by atoms with Crippen LogP contribution in [0.15, 0.2) is 20.5 Å². The summed E-state index contributed by atoms with van der Waals surface area (Å²) in [5.74, 6) is 1.39. The third-order valence-corrected chi connectivity index (χ3v) is 2.74. The lowest BCUT2D eigenvalue weighted by atomic mass is 10.5. The van der Waals surface area contributed by atoms with Gasteiger partial charge in [-0.2, -0.15) is 4.98 Å². The molecule has 2 aromatic heterocycles. The van der Waals surface area contributed by atoms with E-state index in [1.807, 2.05) is 0 Å². The number of nitrogens with two attached hydrogens (primary N) is 1. The van der Waals surface area contributed by atoms with Crippen molar-refractivity contribution in [3.05, 3.63) is 33.8 Å². The summed E-state index contributed by atoms with van der Waals surface area (Å²) in [7, 11) is 0. The molecule has 7 nitrogen and oxygen atoms in total. The molecule has 0 radical (unpaired) electrons. The molecule has 2 rings (SSSR count). The lowest BCUT2D eigenvalue weighted by molar-refractivity contribution is 0.376. The van der Waals surface area contributed by atoms with Crippen molar-refractivity contribution in [3.8, 4) is 0 Å². The number of nitrogens with one attached hydrogen (secondary N) is 1. The highest BCUT2D eigenvalue weighted by Gasteiger charge is 2.06. The second kappa shape index (κ2) is 5.11. The van der Waals surface area contributed by atoms with Crippen molar-refractivity contribution in [2.24, 2.45) is 5.73 Å². The van der Waals surface area contributed by atoms with Crippen molar-refractivity contribution in [1.82, 2.24) is 20.1 Å². The molecular formula is C9H11N5O2S. The van der Waals surface area contributed by atoms with E-state index in [0.717, 1.165) is 0 Å². The van der Waals surface area contributed by atoms with E-state index in [1.165, 1.54) is 17.8 Å². The third kappa shape index (κ3) is 3.14. The molecule has 0 saturated heterocycles. The Hall–Kier alpha value is -1.67. The molecule has 0 amide bonds. The van der Waals surface area contributed by atoms with E-state index in [9.17, 15) is 4.79 Å². The Morgan fingerprint density at radius 3 is 3.00 bits per heavy atom.